The summed E-state index contributed by atoms with van der Waals surface area (Å²) >= 11 is 7.37. The fourth-order valence-corrected chi connectivity index (χ4v) is 6.97. The number of nitrogens with one attached hydrogen (secondary N) is 1. The summed E-state index contributed by atoms with van der Waals surface area (Å²) in [6.45, 7) is 3.33. The standard InChI is InChI=1S/C26H27ClN2O5S2/c1-3-34-26(31)24-21-6-4-5-7-22(21)35-25(24)28-23(30)16-29(19-12-10-18(27)11-13-19)36(32,33)20-14-8-17(2)9-15-20/h8-15H,3-7,16H2,1-2H3,(H,28,30). The Hall–Kier alpha value is -2.88. The Morgan fingerprint density at radius 2 is 1.72 bits per heavy atom. The van der Waals surface area contributed by atoms with Gasteiger partial charge in [0.05, 0.1) is 22.8 Å². The van der Waals surface area contributed by atoms with Gasteiger partial charge in [-0.3, -0.25) is 9.10 Å². The van der Waals surface area contributed by atoms with Gasteiger partial charge in [0.1, 0.15) is 11.5 Å². The zero-order valence-electron chi connectivity index (χ0n) is 20.0. The minimum Gasteiger partial charge on any atom is -0.462 e. The number of hydrogen-bond acceptors (Lipinski definition) is 6. The number of benzene rings is 2. The first-order valence-corrected chi connectivity index (χ1v) is 14.3. The third-order valence-corrected chi connectivity index (χ3v) is 9.16. The first-order chi connectivity index (χ1) is 17.2. The van der Waals surface area contributed by atoms with Gasteiger partial charge >= 0.3 is 5.97 Å². The number of carbonyl (C=O) groups excluding carboxylic acids is 2. The second kappa shape index (κ2) is 11.0. The van der Waals surface area contributed by atoms with E-state index in [0.717, 1.165) is 46.0 Å². The van der Waals surface area contributed by atoms with Crippen LogP contribution in [0.15, 0.2) is 53.4 Å². The van der Waals surface area contributed by atoms with Crippen LogP contribution >= 0.6 is 22.9 Å². The molecule has 0 atom stereocenters. The van der Waals surface area contributed by atoms with Crippen LogP contribution in [0.2, 0.25) is 5.02 Å². The number of ether oxygens (including phenoxy) is 1. The highest BCUT2D eigenvalue weighted by atomic mass is 35.5. The van der Waals surface area contributed by atoms with Crippen LogP contribution in [0.4, 0.5) is 10.7 Å². The third kappa shape index (κ3) is 5.58. The fourth-order valence-electron chi connectivity index (χ4n) is 4.13. The van der Waals surface area contributed by atoms with Crippen molar-refractivity contribution in [1.82, 2.24) is 0 Å². The van der Waals surface area contributed by atoms with Gasteiger partial charge in [-0.1, -0.05) is 29.3 Å². The molecule has 1 aliphatic rings. The first kappa shape index (κ1) is 26.2. The lowest BCUT2D eigenvalue weighted by Gasteiger charge is -2.24. The van der Waals surface area contributed by atoms with Crippen molar-refractivity contribution in [3.63, 3.8) is 0 Å². The average Bonchev–Trinajstić information content (AvgIpc) is 3.21. The van der Waals surface area contributed by atoms with E-state index in [9.17, 15) is 18.0 Å². The number of rotatable bonds is 8. The molecule has 0 unspecified atom stereocenters. The van der Waals surface area contributed by atoms with Gasteiger partial charge in [-0.05, 0) is 81.5 Å². The van der Waals surface area contributed by atoms with Gasteiger partial charge in [0, 0.05) is 9.90 Å². The van der Waals surface area contributed by atoms with E-state index in [2.05, 4.69) is 5.32 Å². The van der Waals surface area contributed by atoms with Crippen LogP contribution in [0.1, 0.15) is 46.1 Å². The molecule has 1 aliphatic carbocycles. The van der Waals surface area contributed by atoms with Crippen molar-refractivity contribution >= 4 is 55.5 Å². The topological polar surface area (TPSA) is 92.8 Å². The molecule has 0 bridgehead atoms. The predicted molar refractivity (Wildman–Crippen MR) is 143 cm³/mol. The summed E-state index contributed by atoms with van der Waals surface area (Å²) in [6, 6.07) is 12.7. The molecule has 1 aromatic heterocycles. The van der Waals surface area contributed by atoms with Gasteiger partial charge < -0.3 is 10.1 Å². The Labute approximate surface area is 220 Å². The predicted octanol–water partition coefficient (Wildman–Crippen LogP) is 5.60. The highest BCUT2D eigenvalue weighted by molar-refractivity contribution is 7.92. The van der Waals surface area contributed by atoms with Crippen LogP contribution < -0.4 is 9.62 Å². The second-order valence-corrected chi connectivity index (χ2v) is 11.9. The molecule has 1 heterocycles. The van der Waals surface area contributed by atoms with Crippen molar-refractivity contribution in [3.8, 4) is 0 Å². The van der Waals surface area contributed by atoms with Crippen LogP contribution in [-0.2, 0) is 32.4 Å². The molecule has 1 N–H and O–H groups in total. The summed E-state index contributed by atoms with van der Waals surface area (Å²) < 4.78 is 33.5. The van der Waals surface area contributed by atoms with Crippen molar-refractivity contribution in [2.45, 2.75) is 44.4 Å². The van der Waals surface area contributed by atoms with Crippen molar-refractivity contribution in [3.05, 3.63) is 75.1 Å². The lowest BCUT2D eigenvalue weighted by atomic mass is 9.95. The van der Waals surface area contributed by atoms with Gasteiger partial charge in [-0.25, -0.2) is 13.2 Å². The van der Waals surface area contributed by atoms with E-state index in [4.69, 9.17) is 16.3 Å². The van der Waals surface area contributed by atoms with Gasteiger partial charge in [-0.2, -0.15) is 0 Å². The molecule has 3 aromatic rings. The highest BCUT2D eigenvalue weighted by Crippen LogP contribution is 2.38. The number of hydrogen-bond donors (Lipinski definition) is 1. The number of halogens is 1. The van der Waals surface area contributed by atoms with E-state index in [-0.39, 0.29) is 11.5 Å². The third-order valence-electron chi connectivity index (χ3n) is 5.91. The van der Waals surface area contributed by atoms with Gasteiger partial charge in [-0.15, -0.1) is 11.3 Å². The van der Waals surface area contributed by atoms with Crippen molar-refractivity contribution < 1.29 is 22.7 Å². The molecule has 0 fully saturated rings. The molecule has 10 heteroatoms. The van der Waals surface area contributed by atoms with Crippen LogP contribution in [0.25, 0.3) is 0 Å². The minimum absolute atomic E-state index is 0.0645. The summed E-state index contributed by atoms with van der Waals surface area (Å²) in [5.74, 6) is -1.04. The van der Waals surface area contributed by atoms with Crippen molar-refractivity contribution in [2.75, 3.05) is 22.8 Å². The Bertz CT molecular complexity index is 1370. The first-order valence-electron chi connectivity index (χ1n) is 11.7. The molecule has 36 heavy (non-hydrogen) atoms. The molecule has 0 saturated carbocycles. The number of fused-ring (bicyclic) bond motifs is 1. The molecular formula is C26H27ClN2O5S2. The van der Waals surface area contributed by atoms with Gasteiger partial charge in [0.25, 0.3) is 10.0 Å². The van der Waals surface area contributed by atoms with Gasteiger partial charge in [0.15, 0.2) is 0 Å². The average molecular weight is 547 g/mol. The summed E-state index contributed by atoms with van der Waals surface area (Å²) in [5.41, 5.74) is 2.51. The number of sulfonamides is 1. The Morgan fingerprint density at radius 3 is 2.39 bits per heavy atom. The highest BCUT2D eigenvalue weighted by Gasteiger charge is 2.30. The quantitative estimate of drug-likeness (QED) is 0.371. The molecule has 190 valence electrons. The number of nitrogens with zero attached hydrogens (tertiary/aromatic N) is 1. The Kier molecular flexibility index (Phi) is 8.02. The van der Waals surface area contributed by atoms with E-state index in [1.807, 2.05) is 6.92 Å². The van der Waals surface area contributed by atoms with Gasteiger partial charge in [0.2, 0.25) is 5.91 Å². The fraction of sp³-hybridized carbons (Fsp3) is 0.308. The number of esters is 1. The SMILES string of the molecule is CCOC(=O)c1c(NC(=O)CN(c2ccc(Cl)cc2)S(=O)(=O)c2ccc(C)cc2)sc2c1CCCC2. The van der Waals surface area contributed by atoms with E-state index >= 15 is 0 Å². The smallest absolute Gasteiger partial charge is 0.341 e. The Balaban J connectivity index is 1.67. The van der Waals surface area contributed by atoms with Crippen molar-refractivity contribution in [2.24, 2.45) is 0 Å². The zero-order chi connectivity index (χ0) is 25.9. The molecule has 0 spiro atoms. The van der Waals surface area contributed by atoms with E-state index in [0.29, 0.717) is 21.3 Å². The van der Waals surface area contributed by atoms with E-state index in [1.54, 1.807) is 43.3 Å². The van der Waals surface area contributed by atoms with Crippen LogP contribution in [0, 0.1) is 6.92 Å². The van der Waals surface area contributed by atoms with E-state index < -0.39 is 28.4 Å². The molecule has 7 nitrogen and oxygen atoms in total. The lowest BCUT2D eigenvalue weighted by molar-refractivity contribution is -0.114. The monoisotopic (exact) mass is 546 g/mol. The second-order valence-electron chi connectivity index (χ2n) is 8.48. The molecule has 2 aromatic carbocycles. The Morgan fingerprint density at radius 1 is 1.06 bits per heavy atom. The summed E-state index contributed by atoms with van der Waals surface area (Å²) in [7, 11) is -4.07. The lowest BCUT2D eigenvalue weighted by Crippen LogP contribution is -2.38. The molecule has 0 aliphatic heterocycles. The van der Waals surface area contributed by atoms with Crippen molar-refractivity contribution in [1.29, 1.82) is 0 Å². The number of amides is 1. The van der Waals surface area contributed by atoms with Crippen LogP contribution in [0.5, 0.6) is 0 Å². The summed E-state index contributed by atoms with van der Waals surface area (Å²) in [5, 5.41) is 3.64. The summed E-state index contributed by atoms with van der Waals surface area (Å²) in [4.78, 5) is 27.1. The normalized spacial score (nSPS) is 13.1. The maximum absolute atomic E-state index is 13.6. The van der Waals surface area contributed by atoms with Crippen LogP contribution in [0.3, 0.4) is 0 Å². The number of thiophene rings is 1. The maximum Gasteiger partial charge on any atom is 0.341 e. The molecule has 4 rings (SSSR count). The van der Waals surface area contributed by atoms with Crippen LogP contribution in [-0.4, -0.2) is 33.4 Å². The van der Waals surface area contributed by atoms with E-state index in [1.165, 1.54) is 23.5 Å². The number of carbonyl (C=O) groups is 2. The minimum atomic E-state index is -4.07. The molecule has 0 saturated heterocycles. The summed E-state index contributed by atoms with van der Waals surface area (Å²) in [6.07, 6.45) is 3.56. The largest absolute Gasteiger partial charge is 0.462 e. The maximum atomic E-state index is 13.6. The molecule has 1 amide bonds. The zero-order valence-corrected chi connectivity index (χ0v) is 22.4. The number of aryl methyl sites for hydroxylation is 2. The number of anilines is 2. The molecule has 0 radical (unpaired) electrons. The molecular weight excluding hydrogens is 520 g/mol.